The smallest absolute Gasteiger partial charge is 0.249 e. The maximum absolute atomic E-state index is 13.2. The van der Waals surface area contributed by atoms with Gasteiger partial charge in [0.2, 0.25) is 15.9 Å². The Bertz CT molecular complexity index is 988. The molecule has 1 N–H and O–H groups in total. The minimum Gasteiger partial charge on any atom is -0.497 e. The number of nitrogens with one attached hydrogen (secondary N) is 1. The number of methoxy groups -OCH3 is 2. The van der Waals surface area contributed by atoms with Crippen molar-refractivity contribution >= 4 is 27.3 Å². The molecule has 2 aromatic carbocycles. The number of benzene rings is 2. The number of sulfonamides is 1. The molecular formula is C20H24N2O5S. The van der Waals surface area contributed by atoms with Crippen LogP contribution in [0, 0.1) is 6.92 Å². The van der Waals surface area contributed by atoms with E-state index in [1.54, 1.807) is 56.7 Å². The summed E-state index contributed by atoms with van der Waals surface area (Å²) in [5.41, 5.74) is 1.86. The molecule has 1 heterocycles. The van der Waals surface area contributed by atoms with Crippen LogP contribution in [-0.4, -0.2) is 39.8 Å². The lowest BCUT2D eigenvalue weighted by Crippen LogP contribution is -2.47. The van der Waals surface area contributed by atoms with Gasteiger partial charge < -0.3 is 14.8 Å². The van der Waals surface area contributed by atoms with Crippen molar-refractivity contribution in [2.75, 3.05) is 30.4 Å². The standard InChI is InChI=1S/C20H24N2O5S/c1-14-13-17(27-4)9-10-18(14)21-19(23)20(2)11-12-22(28(20,24)25)15-5-7-16(26-3)8-6-15/h5-10,13H,11-12H2,1-4H3,(H,21,23)/t20-/m1/s1. The van der Waals surface area contributed by atoms with Crippen LogP contribution in [0.1, 0.15) is 18.9 Å². The molecule has 150 valence electrons. The summed E-state index contributed by atoms with van der Waals surface area (Å²) in [4.78, 5) is 13.0. The van der Waals surface area contributed by atoms with Crippen LogP contribution in [0.4, 0.5) is 11.4 Å². The highest BCUT2D eigenvalue weighted by molar-refractivity contribution is 7.95. The second kappa shape index (κ2) is 7.35. The van der Waals surface area contributed by atoms with Crippen LogP contribution in [-0.2, 0) is 14.8 Å². The predicted octanol–water partition coefficient (Wildman–Crippen LogP) is 2.95. The summed E-state index contributed by atoms with van der Waals surface area (Å²) in [7, 11) is -0.781. The molecule has 0 unspecified atom stereocenters. The SMILES string of the molecule is COc1ccc(N2CC[C@](C)(C(=O)Nc3ccc(OC)cc3C)S2(=O)=O)cc1. The molecule has 1 fully saturated rings. The third-order valence-electron chi connectivity index (χ3n) is 5.17. The first-order valence-electron chi connectivity index (χ1n) is 8.85. The van der Waals surface area contributed by atoms with E-state index in [1.165, 1.54) is 11.2 Å². The van der Waals surface area contributed by atoms with E-state index in [9.17, 15) is 13.2 Å². The van der Waals surface area contributed by atoms with E-state index >= 15 is 0 Å². The van der Waals surface area contributed by atoms with E-state index < -0.39 is 20.7 Å². The van der Waals surface area contributed by atoms with E-state index in [1.807, 2.05) is 6.92 Å². The first-order chi connectivity index (χ1) is 13.2. The Labute approximate surface area is 165 Å². The number of nitrogens with zero attached hydrogens (tertiary/aromatic N) is 1. The molecule has 1 atom stereocenters. The molecule has 0 aliphatic carbocycles. The van der Waals surface area contributed by atoms with Gasteiger partial charge in [-0.25, -0.2) is 8.42 Å². The van der Waals surface area contributed by atoms with Crippen molar-refractivity contribution in [2.24, 2.45) is 0 Å². The Morgan fingerprint density at radius 3 is 2.25 bits per heavy atom. The molecule has 1 amide bonds. The van der Waals surface area contributed by atoms with Crippen LogP contribution in [0.3, 0.4) is 0 Å². The van der Waals surface area contributed by atoms with Crippen molar-refractivity contribution in [1.29, 1.82) is 0 Å². The Hall–Kier alpha value is -2.74. The third-order valence-corrected chi connectivity index (χ3v) is 7.68. The van der Waals surface area contributed by atoms with Crippen molar-refractivity contribution in [2.45, 2.75) is 25.0 Å². The second-order valence-corrected chi connectivity index (χ2v) is 9.18. The lowest BCUT2D eigenvalue weighted by atomic mass is 10.1. The number of carbonyl (C=O) groups is 1. The van der Waals surface area contributed by atoms with E-state index in [-0.39, 0.29) is 13.0 Å². The summed E-state index contributed by atoms with van der Waals surface area (Å²) in [5, 5.41) is 2.77. The van der Waals surface area contributed by atoms with Crippen LogP contribution >= 0.6 is 0 Å². The molecule has 7 nitrogen and oxygen atoms in total. The average Bonchev–Trinajstić information content (AvgIpc) is 2.93. The highest BCUT2D eigenvalue weighted by atomic mass is 32.2. The quantitative estimate of drug-likeness (QED) is 0.828. The fourth-order valence-corrected chi connectivity index (χ4v) is 5.06. The van der Waals surface area contributed by atoms with Crippen molar-refractivity contribution in [3.63, 3.8) is 0 Å². The van der Waals surface area contributed by atoms with Gasteiger partial charge in [-0.2, -0.15) is 0 Å². The number of rotatable bonds is 5. The number of hydrogen-bond donors (Lipinski definition) is 1. The Kier molecular flexibility index (Phi) is 5.25. The van der Waals surface area contributed by atoms with Gasteiger partial charge in [-0.05, 0) is 68.3 Å². The molecule has 1 aliphatic heterocycles. The normalized spacial score (nSPS) is 20.6. The van der Waals surface area contributed by atoms with Crippen molar-refractivity contribution in [3.8, 4) is 11.5 Å². The van der Waals surface area contributed by atoms with Gasteiger partial charge in [0.25, 0.3) is 0 Å². The zero-order valence-electron chi connectivity index (χ0n) is 16.4. The van der Waals surface area contributed by atoms with Crippen LogP contribution in [0.25, 0.3) is 0 Å². The second-order valence-electron chi connectivity index (χ2n) is 6.89. The van der Waals surface area contributed by atoms with Gasteiger partial charge in [-0.15, -0.1) is 0 Å². The molecule has 0 bridgehead atoms. The van der Waals surface area contributed by atoms with Crippen molar-refractivity contribution in [3.05, 3.63) is 48.0 Å². The third kappa shape index (κ3) is 3.28. The van der Waals surface area contributed by atoms with Gasteiger partial charge in [0, 0.05) is 12.2 Å². The Morgan fingerprint density at radius 2 is 1.68 bits per heavy atom. The Morgan fingerprint density at radius 1 is 1.07 bits per heavy atom. The monoisotopic (exact) mass is 404 g/mol. The van der Waals surface area contributed by atoms with Crippen molar-refractivity contribution < 1.29 is 22.7 Å². The van der Waals surface area contributed by atoms with Gasteiger partial charge in [0.05, 0.1) is 19.9 Å². The maximum Gasteiger partial charge on any atom is 0.249 e. The summed E-state index contributed by atoms with van der Waals surface area (Å²) in [5.74, 6) is 0.758. The minimum atomic E-state index is -3.89. The fourth-order valence-electron chi connectivity index (χ4n) is 3.21. The zero-order valence-corrected chi connectivity index (χ0v) is 17.2. The van der Waals surface area contributed by atoms with E-state index in [0.29, 0.717) is 22.9 Å². The van der Waals surface area contributed by atoms with Crippen LogP contribution in [0.15, 0.2) is 42.5 Å². The summed E-state index contributed by atoms with van der Waals surface area (Å²) >= 11 is 0. The van der Waals surface area contributed by atoms with Gasteiger partial charge in [-0.3, -0.25) is 9.10 Å². The van der Waals surface area contributed by atoms with Crippen LogP contribution < -0.4 is 19.1 Å². The molecule has 0 saturated carbocycles. The number of aryl methyl sites for hydroxylation is 1. The summed E-state index contributed by atoms with van der Waals surface area (Å²) in [6.07, 6.45) is 0.197. The number of hydrogen-bond acceptors (Lipinski definition) is 5. The molecular weight excluding hydrogens is 380 g/mol. The maximum atomic E-state index is 13.2. The molecule has 2 aromatic rings. The zero-order chi connectivity index (χ0) is 20.5. The molecule has 3 rings (SSSR count). The molecule has 8 heteroatoms. The van der Waals surface area contributed by atoms with E-state index in [0.717, 1.165) is 5.56 Å². The van der Waals surface area contributed by atoms with Crippen LogP contribution in [0.2, 0.25) is 0 Å². The highest BCUT2D eigenvalue weighted by Gasteiger charge is 2.54. The molecule has 1 saturated heterocycles. The Balaban J connectivity index is 1.86. The van der Waals surface area contributed by atoms with Gasteiger partial charge in [0.1, 0.15) is 11.5 Å². The largest absolute Gasteiger partial charge is 0.497 e. The molecule has 0 spiro atoms. The highest BCUT2D eigenvalue weighted by Crippen LogP contribution is 2.38. The minimum absolute atomic E-state index is 0.197. The fraction of sp³-hybridized carbons (Fsp3) is 0.350. The van der Waals surface area contributed by atoms with E-state index in [4.69, 9.17) is 9.47 Å². The topological polar surface area (TPSA) is 84.9 Å². The van der Waals surface area contributed by atoms with Gasteiger partial charge in [0.15, 0.2) is 4.75 Å². The summed E-state index contributed by atoms with van der Waals surface area (Å²) in [6.45, 7) is 3.54. The molecule has 0 aromatic heterocycles. The van der Waals surface area contributed by atoms with Crippen LogP contribution in [0.5, 0.6) is 11.5 Å². The first-order valence-corrected chi connectivity index (χ1v) is 10.3. The molecule has 0 radical (unpaired) electrons. The van der Waals surface area contributed by atoms with Gasteiger partial charge >= 0.3 is 0 Å². The number of anilines is 2. The van der Waals surface area contributed by atoms with Crippen molar-refractivity contribution in [1.82, 2.24) is 0 Å². The molecule has 1 aliphatic rings. The molecule has 28 heavy (non-hydrogen) atoms. The summed E-state index contributed by atoms with van der Waals surface area (Å²) < 4.78 is 36.4. The lowest BCUT2D eigenvalue weighted by molar-refractivity contribution is -0.118. The number of amides is 1. The number of carbonyl (C=O) groups excluding carboxylic acids is 1. The van der Waals surface area contributed by atoms with Gasteiger partial charge in [-0.1, -0.05) is 0 Å². The number of ether oxygens (including phenoxy) is 2. The van der Waals surface area contributed by atoms with E-state index in [2.05, 4.69) is 5.32 Å². The average molecular weight is 404 g/mol. The lowest BCUT2D eigenvalue weighted by Gasteiger charge is -2.25. The first kappa shape index (κ1) is 20.0. The predicted molar refractivity (Wildman–Crippen MR) is 109 cm³/mol. The summed E-state index contributed by atoms with van der Waals surface area (Å²) in [6, 6.07) is 11.9.